The maximum Gasteiger partial charge on any atom is 0.435 e. The average Bonchev–Trinajstić information content (AvgIpc) is 2.67. The predicted octanol–water partition coefficient (Wildman–Crippen LogP) is 2.34. The maximum absolute atomic E-state index is 12.3. The van der Waals surface area contributed by atoms with Crippen molar-refractivity contribution in [3.05, 3.63) is 18.0 Å². The Morgan fingerprint density at radius 2 is 1.88 bits per heavy atom. The molecule has 1 heterocycles. The van der Waals surface area contributed by atoms with Crippen LogP contribution in [-0.2, 0) is 6.18 Å². The third-order valence-corrected chi connectivity index (χ3v) is 3.01. The topological polar surface area (TPSA) is 43.8 Å². The van der Waals surface area contributed by atoms with Crippen LogP contribution >= 0.6 is 0 Å². The largest absolute Gasteiger partial charge is 0.435 e. The third kappa shape index (κ3) is 2.37. The van der Waals surface area contributed by atoms with E-state index in [9.17, 15) is 13.2 Å². The van der Waals surface area contributed by atoms with E-state index in [1.165, 1.54) is 10.9 Å². The SMILES string of the molecule is NC1CCC(n2ccc(C(F)(F)F)n2)CC1. The normalized spacial score (nSPS) is 27.0. The Morgan fingerprint density at radius 3 is 2.38 bits per heavy atom. The van der Waals surface area contributed by atoms with E-state index in [1.54, 1.807) is 0 Å². The van der Waals surface area contributed by atoms with Crippen LogP contribution in [-0.4, -0.2) is 15.8 Å². The maximum atomic E-state index is 12.3. The molecule has 0 saturated heterocycles. The summed E-state index contributed by atoms with van der Waals surface area (Å²) in [4.78, 5) is 0. The summed E-state index contributed by atoms with van der Waals surface area (Å²) in [6, 6.07) is 1.28. The van der Waals surface area contributed by atoms with E-state index >= 15 is 0 Å². The number of hydrogen-bond acceptors (Lipinski definition) is 2. The lowest BCUT2D eigenvalue weighted by Crippen LogP contribution is -2.28. The molecule has 0 unspecified atom stereocenters. The molecule has 2 N–H and O–H groups in total. The quantitative estimate of drug-likeness (QED) is 0.809. The number of nitrogens with zero attached hydrogens (tertiary/aromatic N) is 2. The summed E-state index contributed by atoms with van der Waals surface area (Å²) in [6.07, 6.45) is 0.374. The van der Waals surface area contributed by atoms with Gasteiger partial charge in [-0.05, 0) is 31.7 Å². The van der Waals surface area contributed by atoms with Crippen LogP contribution in [0.2, 0.25) is 0 Å². The Labute approximate surface area is 91.4 Å². The molecule has 1 aliphatic rings. The molecule has 3 nitrogen and oxygen atoms in total. The molecule has 1 saturated carbocycles. The fourth-order valence-corrected chi connectivity index (χ4v) is 2.06. The molecule has 0 amide bonds. The molecule has 0 aromatic carbocycles. The minimum Gasteiger partial charge on any atom is -0.328 e. The van der Waals surface area contributed by atoms with Gasteiger partial charge in [0.1, 0.15) is 0 Å². The summed E-state index contributed by atoms with van der Waals surface area (Å²) >= 11 is 0. The molecule has 16 heavy (non-hydrogen) atoms. The standard InChI is InChI=1S/C10H14F3N3/c11-10(12,13)9-5-6-16(15-9)8-3-1-7(14)2-4-8/h5-8H,1-4,14H2. The third-order valence-electron chi connectivity index (χ3n) is 3.01. The van der Waals surface area contributed by atoms with E-state index in [-0.39, 0.29) is 12.1 Å². The fourth-order valence-electron chi connectivity index (χ4n) is 2.06. The number of alkyl halides is 3. The second-order valence-corrected chi connectivity index (χ2v) is 4.25. The number of rotatable bonds is 1. The Balaban J connectivity index is 2.08. The number of nitrogens with two attached hydrogens (primary N) is 1. The van der Waals surface area contributed by atoms with Gasteiger partial charge in [0.25, 0.3) is 0 Å². The van der Waals surface area contributed by atoms with Crippen molar-refractivity contribution in [3.63, 3.8) is 0 Å². The van der Waals surface area contributed by atoms with Crippen LogP contribution in [0.1, 0.15) is 37.4 Å². The molecule has 90 valence electrons. The molecule has 1 fully saturated rings. The highest BCUT2D eigenvalue weighted by molar-refractivity contribution is 5.04. The van der Waals surface area contributed by atoms with Gasteiger partial charge in [-0.25, -0.2) is 0 Å². The van der Waals surface area contributed by atoms with Gasteiger partial charge in [-0.1, -0.05) is 0 Å². The Bertz CT molecular complexity index is 350. The Kier molecular flexibility index (Phi) is 2.92. The van der Waals surface area contributed by atoms with Gasteiger partial charge in [-0.15, -0.1) is 0 Å². The van der Waals surface area contributed by atoms with Crippen molar-refractivity contribution in [2.75, 3.05) is 0 Å². The summed E-state index contributed by atoms with van der Waals surface area (Å²) in [6.45, 7) is 0. The highest BCUT2D eigenvalue weighted by atomic mass is 19.4. The summed E-state index contributed by atoms with van der Waals surface area (Å²) in [5.74, 6) is 0. The minimum absolute atomic E-state index is 0.0656. The van der Waals surface area contributed by atoms with Gasteiger partial charge >= 0.3 is 6.18 Å². The van der Waals surface area contributed by atoms with Crippen LogP contribution in [0.15, 0.2) is 12.3 Å². The van der Waals surface area contributed by atoms with E-state index in [0.717, 1.165) is 31.7 Å². The molecule has 1 aliphatic carbocycles. The summed E-state index contributed by atoms with van der Waals surface area (Å²) < 4.78 is 38.4. The molecule has 0 bridgehead atoms. The van der Waals surface area contributed by atoms with Crippen LogP contribution in [0.3, 0.4) is 0 Å². The van der Waals surface area contributed by atoms with Crippen molar-refractivity contribution in [3.8, 4) is 0 Å². The van der Waals surface area contributed by atoms with E-state index in [4.69, 9.17) is 5.73 Å². The second kappa shape index (κ2) is 4.08. The zero-order valence-corrected chi connectivity index (χ0v) is 8.74. The molecular formula is C10H14F3N3. The number of hydrogen-bond donors (Lipinski definition) is 1. The van der Waals surface area contributed by atoms with Gasteiger partial charge in [-0.3, -0.25) is 4.68 Å². The van der Waals surface area contributed by atoms with Crippen LogP contribution in [0.4, 0.5) is 13.2 Å². The molecule has 0 spiro atoms. The molecule has 6 heteroatoms. The van der Waals surface area contributed by atoms with E-state index in [1.807, 2.05) is 0 Å². The number of halogens is 3. The van der Waals surface area contributed by atoms with Crippen LogP contribution < -0.4 is 5.73 Å². The second-order valence-electron chi connectivity index (χ2n) is 4.25. The van der Waals surface area contributed by atoms with E-state index in [2.05, 4.69) is 5.10 Å². The van der Waals surface area contributed by atoms with Crippen molar-refractivity contribution in [2.24, 2.45) is 5.73 Å². The lowest BCUT2D eigenvalue weighted by Gasteiger charge is -2.26. The molecule has 1 aromatic rings. The molecule has 2 rings (SSSR count). The average molecular weight is 233 g/mol. The zero-order valence-electron chi connectivity index (χ0n) is 8.74. The summed E-state index contributed by atoms with van der Waals surface area (Å²) in [5, 5.41) is 3.58. The molecule has 0 aliphatic heterocycles. The first-order chi connectivity index (χ1) is 7.47. The Hall–Kier alpha value is -1.04. The van der Waals surface area contributed by atoms with Gasteiger partial charge in [0, 0.05) is 12.2 Å². The lowest BCUT2D eigenvalue weighted by atomic mass is 9.92. The predicted molar refractivity (Wildman–Crippen MR) is 52.7 cm³/mol. The van der Waals surface area contributed by atoms with Crippen LogP contribution in [0, 0.1) is 0 Å². The van der Waals surface area contributed by atoms with Gasteiger partial charge < -0.3 is 5.73 Å². The summed E-state index contributed by atoms with van der Waals surface area (Å²) in [5.41, 5.74) is 4.92. The van der Waals surface area contributed by atoms with E-state index < -0.39 is 11.9 Å². The van der Waals surface area contributed by atoms with Crippen molar-refractivity contribution in [1.29, 1.82) is 0 Å². The van der Waals surface area contributed by atoms with Crippen molar-refractivity contribution in [2.45, 2.75) is 43.9 Å². The zero-order chi connectivity index (χ0) is 11.8. The first-order valence-electron chi connectivity index (χ1n) is 5.35. The van der Waals surface area contributed by atoms with Gasteiger partial charge in [0.2, 0.25) is 0 Å². The molecular weight excluding hydrogens is 219 g/mol. The van der Waals surface area contributed by atoms with Gasteiger partial charge in [0.05, 0.1) is 6.04 Å². The Morgan fingerprint density at radius 1 is 1.25 bits per heavy atom. The highest BCUT2D eigenvalue weighted by Crippen LogP contribution is 2.31. The van der Waals surface area contributed by atoms with Crippen molar-refractivity contribution < 1.29 is 13.2 Å². The monoisotopic (exact) mass is 233 g/mol. The summed E-state index contributed by atoms with van der Waals surface area (Å²) in [7, 11) is 0. The molecule has 1 aromatic heterocycles. The van der Waals surface area contributed by atoms with Crippen molar-refractivity contribution >= 4 is 0 Å². The van der Waals surface area contributed by atoms with E-state index in [0.29, 0.717) is 0 Å². The molecule has 0 radical (unpaired) electrons. The fraction of sp³-hybridized carbons (Fsp3) is 0.700. The number of aromatic nitrogens is 2. The lowest BCUT2D eigenvalue weighted by molar-refractivity contribution is -0.141. The highest BCUT2D eigenvalue weighted by Gasteiger charge is 2.34. The first kappa shape index (κ1) is 11.4. The first-order valence-corrected chi connectivity index (χ1v) is 5.35. The smallest absolute Gasteiger partial charge is 0.328 e. The van der Waals surface area contributed by atoms with Gasteiger partial charge in [0.15, 0.2) is 5.69 Å². The van der Waals surface area contributed by atoms with Gasteiger partial charge in [-0.2, -0.15) is 18.3 Å². The van der Waals surface area contributed by atoms with Crippen LogP contribution in [0.5, 0.6) is 0 Å². The van der Waals surface area contributed by atoms with Crippen molar-refractivity contribution in [1.82, 2.24) is 9.78 Å². The molecule has 0 atom stereocenters. The minimum atomic E-state index is -4.35. The van der Waals surface area contributed by atoms with Crippen LogP contribution in [0.25, 0.3) is 0 Å².